The highest BCUT2D eigenvalue weighted by atomic mass is 32.1. The van der Waals surface area contributed by atoms with Crippen LogP contribution in [0.15, 0.2) is 36.0 Å². The van der Waals surface area contributed by atoms with Crippen molar-refractivity contribution in [3.05, 3.63) is 41.5 Å². The Kier molecular flexibility index (Phi) is 2.43. The van der Waals surface area contributed by atoms with E-state index in [9.17, 15) is 0 Å². The second-order valence-electron chi connectivity index (χ2n) is 4.59. The van der Waals surface area contributed by atoms with E-state index in [-0.39, 0.29) is 0 Å². The Morgan fingerprint density at radius 2 is 2.20 bits per heavy atom. The molecule has 0 fully saturated rings. The van der Waals surface area contributed by atoms with Gasteiger partial charge < -0.3 is 5.32 Å². The number of anilines is 2. The largest absolute Gasteiger partial charge is 0.336 e. The molecule has 0 aliphatic rings. The molecule has 0 atom stereocenters. The van der Waals surface area contributed by atoms with E-state index >= 15 is 0 Å². The maximum Gasteiger partial charge on any atom is 0.178 e. The van der Waals surface area contributed by atoms with Crippen molar-refractivity contribution < 1.29 is 0 Å². The minimum absolute atomic E-state index is 0.718. The standard InChI is InChI=1S/C14H11N5S/c1-8-7-20-11-5-9(6-16-12(8)11)17-14-13-10(18-19-14)3-2-4-15-13/h2-7H,1H3,(H2,17,18,19). The van der Waals surface area contributed by atoms with E-state index in [0.29, 0.717) is 0 Å². The van der Waals surface area contributed by atoms with E-state index in [1.54, 1.807) is 17.5 Å². The SMILES string of the molecule is Cc1csc2cc(Nc3n[nH]c4cccnc34)cnc12. The predicted molar refractivity (Wildman–Crippen MR) is 81.5 cm³/mol. The molecule has 0 aromatic carbocycles. The number of aromatic nitrogens is 4. The Morgan fingerprint density at radius 1 is 1.25 bits per heavy atom. The molecule has 0 saturated heterocycles. The minimum Gasteiger partial charge on any atom is -0.336 e. The van der Waals surface area contributed by atoms with Crippen LogP contribution in [0, 0.1) is 6.92 Å². The molecule has 0 spiro atoms. The lowest BCUT2D eigenvalue weighted by Crippen LogP contribution is -1.92. The monoisotopic (exact) mass is 281 g/mol. The van der Waals surface area contributed by atoms with Crippen LogP contribution in [0.3, 0.4) is 0 Å². The van der Waals surface area contributed by atoms with E-state index in [0.717, 1.165) is 28.1 Å². The topological polar surface area (TPSA) is 66.5 Å². The quantitative estimate of drug-likeness (QED) is 0.589. The average molecular weight is 281 g/mol. The molecule has 5 nitrogen and oxygen atoms in total. The number of H-pyrrole nitrogens is 1. The first-order valence-electron chi connectivity index (χ1n) is 6.21. The predicted octanol–water partition coefficient (Wildman–Crippen LogP) is 3.62. The highest BCUT2D eigenvalue weighted by molar-refractivity contribution is 7.17. The summed E-state index contributed by atoms with van der Waals surface area (Å²) in [7, 11) is 0. The molecule has 2 N–H and O–H groups in total. The summed E-state index contributed by atoms with van der Waals surface area (Å²) in [4.78, 5) is 8.82. The van der Waals surface area contributed by atoms with Gasteiger partial charge in [-0.1, -0.05) is 0 Å². The molecule has 98 valence electrons. The highest BCUT2D eigenvalue weighted by Crippen LogP contribution is 2.28. The fraction of sp³-hybridized carbons (Fsp3) is 0.0714. The summed E-state index contributed by atoms with van der Waals surface area (Å²) in [6, 6.07) is 5.92. The molecule has 0 aliphatic carbocycles. The zero-order chi connectivity index (χ0) is 13.5. The zero-order valence-corrected chi connectivity index (χ0v) is 11.5. The van der Waals surface area contributed by atoms with Gasteiger partial charge in [0.2, 0.25) is 0 Å². The van der Waals surface area contributed by atoms with Gasteiger partial charge in [-0.3, -0.25) is 15.1 Å². The molecule has 0 bridgehead atoms. The maximum atomic E-state index is 4.49. The summed E-state index contributed by atoms with van der Waals surface area (Å²) >= 11 is 1.70. The zero-order valence-electron chi connectivity index (χ0n) is 10.7. The normalized spacial score (nSPS) is 11.2. The van der Waals surface area contributed by atoms with Crippen molar-refractivity contribution in [2.24, 2.45) is 0 Å². The number of aromatic amines is 1. The van der Waals surface area contributed by atoms with Crippen LogP contribution in [-0.2, 0) is 0 Å². The van der Waals surface area contributed by atoms with Crippen LogP contribution in [-0.4, -0.2) is 20.2 Å². The summed E-state index contributed by atoms with van der Waals surface area (Å²) in [5.74, 6) is 0.718. The molecule has 0 aliphatic heterocycles. The number of thiophene rings is 1. The number of nitrogens with one attached hydrogen (secondary N) is 2. The van der Waals surface area contributed by atoms with Gasteiger partial charge in [0.05, 0.1) is 27.6 Å². The fourth-order valence-electron chi connectivity index (χ4n) is 2.18. The Bertz CT molecular complexity index is 908. The van der Waals surface area contributed by atoms with Gasteiger partial charge in [0.25, 0.3) is 0 Å². The molecular weight excluding hydrogens is 270 g/mol. The van der Waals surface area contributed by atoms with Crippen LogP contribution >= 0.6 is 11.3 Å². The summed E-state index contributed by atoms with van der Waals surface area (Å²) < 4.78 is 1.17. The van der Waals surface area contributed by atoms with Crippen molar-refractivity contribution >= 4 is 44.1 Å². The lowest BCUT2D eigenvalue weighted by Gasteiger charge is -2.02. The van der Waals surface area contributed by atoms with Gasteiger partial charge in [0.15, 0.2) is 5.82 Å². The summed E-state index contributed by atoms with van der Waals surface area (Å²) in [6.07, 6.45) is 3.58. The van der Waals surface area contributed by atoms with Crippen LogP contribution in [0.2, 0.25) is 0 Å². The minimum atomic E-state index is 0.718. The van der Waals surface area contributed by atoms with Crippen molar-refractivity contribution in [1.82, 2.24) is 20.2 Å². The highest BCUT2D eigenvalue weighted by Gasteiger charge is 2.08. The van der Waals surface area contributed by atoms with Crippen molar-refractivity contribution in [1.29, 1.82) is 0 Å². The van der Waals surface area contributed by atoms with E-state index in [1.165, 1.54) is 10.3 Å². The number of pyridine rings is 2. The number of hydrogen-bond acceptors (Lipinski definition) is 5. The molecule has 0 radical (unpaired) electrons. The second-order valence-corrected chi connectivity index (χ2v) is 5.50. The second kappa shape index (κ2) is 4.28. The summed E-state index contributed by atoms with van der Waals surface area (Å²) in [5.41, 5.74) is 4.93. The third kappa shape index (κ3) is 1.73. The lowest BCUT2D eigenvalue weighted by atomic mass is 10.3. The van der Waals surface area contributed by atoms with Gasteiger partial charge >= 0.3 is 0 Å². The Morgan fingerprint density at radius 3 is 3.15 bits per heavy atom. The van der Waals surface area contributed by atoms with E-state index in [1.807, 2.05) is 18.3 Å². The molecule has 0 unspecified atom stereocenters. The molecule has 4 rings (SSSR count). The van der Waals surface area contributed by atoms with Crippen LogP contribution < -0.4 is 5.32 Å². The molecule has 4 aromatic rings. The molecule has 20 heavy (non-hydrogen) atoms. The van der Waals surface area contributed by atoms with Gasteiger partial charge in [-0.2, -0.15) is 5.10 Å². The Balaban J connectivity index is 1.76. The smallest absolute Gasteiger partial charge is 0.178 e. The summed E-state index contributed by atoms with van der Waals surface area (Å²) in [5, 5.41) is 12.6. The number of aryl methyl sites for hydroxylation is 1. The summed E-state index contributed by atoms with van der Waals surface area (Å²) in [6.45, 7) is 2.07. The van der Waals surface area contributed by atoms with Crippen molar-refractivity contribution in [3.63, 3.8) is 0 Å². The number of hydrogen-bond donors (Lipinski definition) is 2. The third-order valence-corrected chi connectivity index (χ3v) is 4.21. The van der Waals surface area contributed by atoms with Crippen molar-refractivity contribution in [2.75, 3.05) is 5.32 Å². The number of fused-ring (bicyclic) bond motifs is 2. The van der Waals surface area contributed by atoms with Crippen LogP contribution in [0.25, 0.3) is 21.3 Å². The Hall–Kier alpha value is -2.47. The molecular formula is C14H11N5S. The van der Waals surface area contributed by atoms with Gasteiger partial charge in [0, 0.05) is 6.20 Å². The van der Waals surface area contributed by atoms with Crippen LogP contribution in [0.4, 0.5) is 11.5 Å². The molecule has 4 heterocycles. The Labute approximate surface area is 118 Å². The fourth-order valence-corrected chi connectivity index (χ4v) is 3.12. The van der Waals surface area contributed by atoms with E-state index in [2.05, 4.69) is 43.9 Å². The number of nitrogens with zero attached hydrogens (tertiary/aromatic N) is 3. The van der Waals surface area contributed by atoms with E-state index < -0.39 is 0 Å². The molecule has 0 amide bonds. The van der Waals surface area contributed by atoms with Gasteiger partial charge in [-0.25, -0.2) is 0 Å². The van der Waals surface area contributed by atoms with Crippen molar-refractivity contribution in [2.45, 2.75) is 6.92 Å². The van der Waals surface area contributed by atoms with Crippen LogP contribution in [0.1, 0.15) is 5.56 Å². The van der Waals surface area contributed by atoms with Crippen molar-refractivity contribution in [3.8, 4) is 0 Å². The first-order chi connectivity index (χ1) is 9.81. The first-order valence-corrected chi connectivity index (χ1v) is 7.09. The molecule has 0 saturated carbocycles. The molecule has 4 aromatic heterocycles. The lowest BCUT2D eigenvalue weighted by molar-refractivity contribution is 1.12. The molecule has 6 heteroatoms. The third-order valence-electron chi connectivity index (χ3n) is 3.17. The van der Waals surface area contributed by atoms with Gasteiger partial charge in [0.1, 0.15) is 5.52 Å². The van der Waals surface area contributed by atoms with Crippen LogP contribution in [0.5, 0.6) is 0 Å². The maximum absolute atomic E-state index is 4.49. The van der Waals surface area contributed by atoms with Gasteiger partial charge in [-0.15, -0.1) is 11.3 Å². The number of rotatable bonds is 2. The average Bonchev–Trinajstić information content (AvgIpc) is 3.04. The van der Waals surface area contributed by atoms with Gasteiger partial charge in [-0.05, 0) is 36.1 Å². The first kappa shape index (κ1) is 11.4. The van der Waals surface area contributed by atoms with E-state index in [4.69, 9.17) is 0 Å².